The minimum absolute atomic E-state index is 0.204. The Morgan fingerprint density at radius 1 is 0.714 bits per heavy atom. The molecule has 3 aromatic carbocycles. The van der Waals surface area contributed by atoms with Crippen molar-refractivity contribution in [1.29, 1.82) is 0 Å². The monoisotopic (exact) mass is 372 g/mol. The molecule has 0 aliphatic carbocycles. The van der Waals surface area contributed by atoms with E-state index in [4.69, 9.17) is 4.74 Å². The molecule has 0 aliphatic rings. The lowest BCUT2D eigenvalue weighted by Gasteiger charge is -2.16. The number of carbonyl (C=O) groups excluding carboxylic acids is 1. The van der Waals surface area contributed by atoms with Crippen LogP contribution < -0.4 is 0 Å². The van der Waals surface area contributed by atoms with E-state index in [1.165, 1.54) is 16.7 Å². The summed E-state index contributed by atoms with van der Waals surface area (Å²) in [6, 6.07) is 25.2. The van der Waals surface area contributed by atoms with E-state index in [-0.39, 0.29) is 5.97 Å². The molecule has 0 amide bonds. The van der Waals surface area contributed by atoms with E-state index in [9.17, 15) is 4.79 Å². The molecule has 0 unspecified atom stereocenters. The van der Waals surface area contributed by atoms with E-state index < -0.39 is 0 Å². The standard InChI is InChI=1S/C26H28O2/c1-3-28-26(27)25-20(2)23(16-14-21-10-6-4-7-11-21)18-19-24(25)17-15-22-12-8-5-9-13-22/h4-13,18-19H,3,14-17H2,1-2H3. The van der Waals surface area contributed by atoms with Gasteiger partial charge in [-0.2, -0.15) is 0 Å². The molecule has 3 aromatic rings. The van der Waals surface area contributed by atoms with Gasteiger partial charge >= 0.3 is 5.97 Å². The van der Waals surface area contributed by atoms with Crippen LogP contribution in [0.15, 0.2) is 72.8 Å². The number of hydrogen-bond donors (Lipinski definition) is 0. The van der Waals surface area contributed by atoms with Gasteiger partial charge in [0.05, 0.1) is 12.2 Å². The maximum Gasteiger partial charge on any atom is 0.338 e. The Kier molecular flexibility index (Phi) is 7.02. The normalized spacial score (nSPS) is 10.6. The van der Waals surface area contributed by atoms with Crippen molar-refractivity contribution in [2.75, 3.05) is 6.61 Å². The fourth-order valence-corrected chi connectivity index (χ4v) is 3.62. The largest absolute Gasteiger partial charge is 0.462 e. The highest BCUT2D eigenvalue weighted by Gasteiger charge is 2.18. The second-order valence-electron chi connectivity index (χ2n) is 7.08. The summed E-state index contributed by atoms with van der Waals surface area (Å²) in [6.45, 7) is 4.30. The predicted octanol–water partition coefficient (Wildman–Crippen LogP) is 5.74. The molecule has 0 spiro atoms. The van der Waals surface area contributed by atoms with Crippen molar-refractivity contribution in [3.05, 3.63) is 106 Å². The maximum atomic E-state index is 12.7. The third-order valence-corrected chi connectivity index (χ3v) is 5.19. The topological polar surface area (TPSA) is 26.3 Å². The number of esters is 1. The summed E-state index contributed by atoms with van der Waals surface area (Å²) in [6.07, 6.45) is 3.63. The summed E-state index contributed by atoms with van der Waals surface area (Å²) < 4.78 is 5.38. The second kappa shape index (κ2) is 9.89. The smallest absolute Gasteiger partial charge is 0.338 e. The van der Waals surface area contributed by atoms with Gasteiger partial charge in [0.1, 0.15) is 0 Å². The zero-order valence-electron chi connectivity index (χ0n) is 16.8. The van der Waals surface area contributed by atoms with Crippen molar-refractivity contribution < 1.29 is 9.53 Å². The molecular formula is C26H28O2. The Hall–Kier alpha value is -2.87. The van der Waals surface area contributed by atoms with Gasteiger partial charge in [-0.25, -0.2) is 4.79 Å². The first-order valence-electron chi connectivity index (χ1n) is 10.1. The molecule has 2 heteroatoms. The lowest BCUT2D eigenvalue weighted by atomic mass is 9.91. The lowest BCUT2D eigenvalue weighted by Crippen LogP contribution is -2.13. The van der Waals surface area contributed by atoms with Crippen LogP contribution in [0, 0.1) is 6.92 Å². The van der Waals surface area contributed by atoms with Crippen molar-refractivity contribution in [3.8, 4) is 0 Å². The van der Waals surface area contributed by atoms with Crippen molar-refractivity contribution in [2.24, 2.45) is 0 Å². The summed E-state index contributed by atoms with van der Waals surface area (Å²) >= 11 is 0. The van der Waals surface area contributed by atoms with E-state index in [0.717, 1.165) is 42.4 Å². The zero-order valence-corrected chi connectivity index (χ0v) is 16.8. The van der Waals surface area contributed by atoms with Crippen molar-refractivity contribution in [2.45, 2.75) is 39.5 Å². The number of hydrogen-bond acceptors (Lipinski definition) is 2. The second-order valence-corrected chi connectivity index (χ2v) is 7.08. The predicted molar refractivity (Wildman–Crippen MR) is 115 cm³/mol. The van der Waals surface area contributed by atoms with Gasteiger partial charge < -0.3 is 4.74 Å². The van der Waals surface area contributed by atoms with Gasteiger partial charge in [0.25, 0.3) is 0 Å². The van der Waals surface area contributed by atoms with E-state index in [1.54, 1.807) is 0 Å². The lowest BCUT2D eigenvalue weighted by molar-refractivity contribution is 0.0524. The van der Waals surface area contributed by atoms with Gasteiger partial charge in [0.2, 0.25) is 0 Å². The highest BCUT2D eigenvalue weighted by atomic mass is 16.5. The van der Waals surface area contributed by atoms with E-state index in [0.29, 0.717) is 6.61 Å². The summed E-state index contributed by atoms with van der Waals surface area (Å²) in [5, 5.41) is 0. The minimum Gasteiger partial charge on any atom is -0.462 e. The average molecular weight is 373 g/mol. The van der Waals surface area contributed by atoms with Gasteiger partial charge in [-0.3, -0.25) is 0 Å². The number of rotatable bonds is 8. The Labute approximate surface area is 168 Å². The summed E-state index contributed by atoms with van der Waals surface area (Å²) in [7, 11) is 0. The zero-order chi connectivity index (χ0) is 19.8. The fourth-order valence-electron chi connectivity index (χ4n) is 3.62. The molecule has 0 saturated carbocycles. The van der Waals surface area contributed by atoms with Crippen LogP contribution in [0.1, 0.15) is 45.1 Å². The number of ether oxygens (including phenoxy) is 1. The maximum absolute atomic E-state index is 12.7. The van der Waals surface area contributed by atoms with Crippen molar-refractivity contribution >= 4 is 5.97 Å². The molecule has 0 bridgehead atoms. The van der Waals surface area contributed by atoms with E-state index >= 15 is 0 Å². The molecule has 0 saturated heterocycles. The van der Waals surface area contributed by atoms with Crippen LogP contribution in [-0.4, -0.2) is 12.6 Å². The summed E-state index contributed by atoms with van der Waals surface area (Å²) in [5.74, 6) is -0.204. The molecular weight excluding hydrogens is 344 g/mol. The minimum atomic E-state index is -0.204. The molecule has 28 heavy (non-hydrogen) atoms. The Morgan fingerprint density at radius 2 is 1.21 bits per heavy atom. The molecule has 0 aliphatic heterocycles. The Morgan fingerprint density at radius 3 is 1.75 bits per heavy atom. The molecule has 0 radical (unpaired) electrons. The average Bonchev–Trinajstić information content (AvgIpc) is 2.73. The van der Waals surface area contributed by atoms with Gasteiger partial charge in [-0.1, -0.05) is 72.8 Å². The van der Waals surface area contributed by atoms with Crippen molar-refractivity contribution in [3.63, 3.8) is 0 Å². The van der Waals surface area contributed by atoms with Gasteiger partial charge in [0.15, 0.2) is 0 Å². The first-order valence-corrected chi connectivity index (χ1v) is 10.1. The summed E-state index contributed by atoms with van der Waals surface area (Å²) in [4.78, 5) is 12.7. The number of benzene rings is 3. The van der Waals surface area contributed by atoms with Crippen LogP contribution in [0.4, 0.5) is 0 Å². The molecule has 0 fully saturated rings. The number of carbonyl (C=O) groups is 1. The van der Waals surface area contributed by atoms with Crippen LogP contribution in [0.25, 0.3) is 0 Å². The van der Waals surface area contributed by atoms with Crippen LogP contribution in [0.5, 0.6) is 0 Å². The summed E-state index contributed by atoms with van der Waals surface area (Å²) in [5.41, 5.74) is 6.69. The third-order valence-electron chi connectivity index (χ3n) is 5.19. The fraction of sp³-hybridized carbons (Fsp3) is 0.269. The first kappa shape index (κ1) is 19.9. The highest BCUT2D eigenvalue weighted by Crippen LogP contribution is 2.23. The quantitative estimate of drug-likeness (QED) is 0.471. The molecule has 2 nitrogen and oxygen atoms in total. The molecule has 0 heterocycles. The molecule has 0 aromatic heterocycles. The van der Waals surface area contributed by atoms with Crippen LogP contribution in [0.3, 0.4) is 0 Å². The van der Waals surface area contributed by atoms with Crippen molar-refractivity contribution in [1.82, 2.24) is 0 Å². The third kappa shape index (κ3) is 5.10. The highest BCUT2D eigenvalue weighted by molar-refractivity contribution is 5.93. The number of aryl methyl sites for hydroxylation is 4. The van der Waals surface area contributed by atoms with E-state index in [2.05, 4.69) is 67.6 Å². The van der Waals surface area contributed by atoms with Gasteiger partial charge in [-0.15, -0.1) is 0 Å². The Bertz CT molecular complexity index is 898. The van der Waals surface area contributed by atoms with Gasteiger partial charge in [0, 0.05) is 0 Å². The SMILES string of the molecule is CCOC(=O)c1c(CCc2ccccc2)ccc(CCc2ccccc2)c1C. The van der Waals surface area contributed by atoms with Gasteiger partial charge in [-0.05, 0) is 67.3 Å². The first-order chi connectivity index (χ1) is 13.7. The van der Waals surface area contributed by atoms with E-state index in [1.807, 2.05) is 19.1 Å². The van der Waals surface area contributed by atoms with Crippen LogP contribution in [0.2, 0.25) is 0 Å². The van der Waals surface area contributed by atoms with Crippen LogP contribution >= 0.6 is 0 Å². The molecule has 0 N–H and O–H groups in total. The molecule has 3 rings (SSSR count). The van der Waals surface area contributed by atoms with Crippen LogP contribution in [-0.2, 0) is 30.4 Å². The molecule has 144 valence electrons. The molecule has 0 atom stereocenters. The Balaban J connectivity index is 1.82.